The van der Waals surface area contributed by atoms with Crippen LogP contribution in [0.1, 0.15) is 44.2 Å². The van der Waals surface area contributed by atoms with Gasteiger partial charge in [0.05, 0.1) is 12.8 Å². The standard InChI is InChI=1S/C25H26FN3O4/c1-14-13-25(2,3)28(4)21-12-20(26)15(10-18(14)21)11-19-22(30)27-24(32)29(23(19)31)16-6-8-17(33-5)9-7-16/h6-12,14H,13H2,1-5H3,(H,27,30,32)/b19-11-. The van der Waals surface area contributed by atoms with E-state index in [2.05, 4.69) is 26.1 Å². The van der Waals surface area contributed by atoms with Gasteiger partial charge in [-0.3, -0.25) is 14.9 Å². The number of amides is 4. The van der Waals surface area contributed by atoms with E-state index in [1.54, 1.807) is 18.2 Å². The van der Waals surface area contributed by atoms with Crippen LogP contribution in [0.4, 0.5) is 20.6 Å². The van der Waals surface area contributed by atoms with Gasteiger partial charge in [0.15, 0.2) is 0 Å². The molecular weight excluding hydrogens is 425 g/mol. The Kier molecular flexibility index (Phi) is 5.47. The van der Waals surface area contributed by atoms with Crippen molar-refractivity contribution in [1.82, 2.24) is 5.32 Å². The number of fused-ring (bicyclic) bond motifs is 1. The third-order valence-corrected chi connectivity index (χ3v) is 6.48. The van der Waals surface area contributed by atoms with Gasteiger partial charge in [0.1, 0.15) is 17.1 Å². The fourth-order valence-corrected chi connectivity index (χ4v) is 4.49. The Morgan fingerprint density at radius 3 is 2.45 bits per heavy atom. The van der Waals surface area contributed by atoms with Gasteiger partial charge in [0.2, 0.25) is 0 Å². The van der Waals surface area contributed by atoms with Crippen LogP contribution < -0.4 is 19.9 Å². The fraction of sp³-hybridized carbons (Fsp3) is 0.320. The van der Waals surface area contributed by atoms with Gasteiger partial charge in [0.25, 0.3) is 11.8 Å². The highest BCUT2D eigenvalue weighted by molar-refractivity contribution is 6.39. The van der Waals surface area contributed by atoms with Gasteiger partial charge in [-0.25, -0.2) is 14.1 Å². The molecule has 2 aromatic carbocycles. The summed E-state index contributed by atoms with van der Waals surface area (Å²) in [6.07, 6.45) is 2.08. The summed E-state index contributed by atoms with van der Waals surface area (Å²) < 4.78 is 20.2. The summed E-state index contributed by atoms with van der Waals surface area (Å²) in [5.74, 6) is -1.52. The zero-order valence-corrected chi connectivity index (χ0v) is 19.2. The molecule has 8 heteroatoms. The zero-order chi connectivity index (χ0) is 24.1. The minimum absolute atomic E-state index is 0.122. The molecule has 1 saturated heterocycles. The Balaban J connectivity index is 1.75. The SMILES string of the molecule is COc1ccc(N2C(=O)NC(=O)/C(=C/c3cc4c(cc3F)N(C)C(C)(C)CC4C)C2=O)cc1. The molecule has 172 valence electrons. The fourth-order valence-electron chi connectivity index (χ4n) is 4.49. The van der Waals surface area contributed by atoms with Crippen molar-refractivity contribution in [3.05, 3.63) is 58.9 Å². The van der Waals surface area contributed by atoms with Crippen LogP contribution in [0.5, 0.6) is 5.75 Å². The largest absolute Gasteiger partial charge is 0.497 e. The molecule has 2 aliphatic rings. The maximum atomic E-state index is 15.1. The average Bonchev–Trinajstić information content (AvgIpc) is 2.75. The van der Waals surface area contributed by atoms with Crippen LogP contribution in [0.3, 0.4) is 0 Å². The zero-order valence-electron chi connectivity index (χ0n) is 19.2. The number of anilines is 2. The minimum Gasteiger partial charge on any atom is -0.497 e. The molecule has 0 aromatic heterocycles. The molecule has 2 aliphatic heterocycles. The summed E-state index contributed by atoms with van der Waals surface area (Å²) in [7, 11) is 3.43. The number of urea groups is 1. The predicted molar refractivity (Wildman–Crippen MR) is 124 cm³/mol. The van der Waals surface area contributed by atoms with Crippen LogP contribution in [0.25, 0.3) is 6.08 Å². The Morgan fingerprint density at radius 2 is 1.82 bits per heavy atom. The molecule has 33 heavy (non-hydrogen) atoms. The van der Waals surface area contributed by atoms with Crippen LogP contribution >= 0.6 is 0 Å². The molecule has 2 heterocycles. The number of carbonyl (C=O) groups excluding carboxylic acids is 3. The monoisotopic (exact) mass is 451 g/mol. The third kappa shape index (κ3) is 3.86. The lowest BCUT2D eigenvalue weighted by Gasteiger charge is -2.45. The number of methoxy groups -OCH3 is 1. The first-order valence-corrected chi connectivity index (χ1v) is 10.7. The Morgan fingerprint density at radius 1 is 1.15 bits per heavy atom. The molecule has 1 atom stereocenters. The topological polar surface area (TPSA) is 79.0 Å². The van der Waals surface area contributed by atoms with E-state index in [0.717, 1.165) is 22.6 Å². The molecule has 0 spiro atoms. The molecule has 0 aliphatic carbocycles. The summed E-state index contributed by atoms with van der Waals surface area (Å²) in [6, 6.07) is 8.51. The number of nitrogens with one attached hydrogen (secondary N) is 1. The first kappa shape index (κ1) is 22.5. The molecule has 1 unspecified atom stereocenters. The number of hydrogen-bond acceptors (Lipinski definition) is 5. The lowest BCUT2D eigenvalue weighted by molar-refractivity contribution is -0.122. The number of nitrogens with zero attached hydrogens (tertiary/aromatic N) is 2. The van der Waals surface area contributed by atoms with E-state index in [1.807, 2.05) is 11.9 Å². The van der Waals surface area contributed by atoms with Crippen LogP contribution in [0.2, 0.25) is 0 Å². The maximum Gasteiger partial charge on any atom is 0.335 e. The van der Waals surface area contributed by atoms with E-state index in [1.165, 1.54) is 31.4 Å². The summed E-state index contributed by atoms with van der Waals surface area (Å²) in [4.78, 5) is 40.9. The van der Waals surface area contributed by atoms with E-state index in [9.17, 15) is 14.4 Å². The van der Waals surface area contributed by atoms with Crippen molar-refractivity contribution in [3.8, 4) is 5.75 Å². The lowest BCUT2D eigenvalue weighted by Crippen LogP contribution is -2.54. The van der Waals surface area contributed by atoms with Crippen molar-refractivity contribution < 1.29 is 23.5 Å². The van der Waals surface area contributed by atoms with E-state index in [0.29, 0.717) is 5.75 Å². The highest BCUT2D eigenvalue weighted by Crippen LogP contribution is 2.43. The minimum atomic E-state index is -0.865. The second-order valence-corrected chi connectivity index (χ2v) is 9.07. The normalized spacial score (nSPS) is 21.2. The highest BCUT2D eigenvalue weighted by atomic mass is 19.1. The van der Waals surface area contributed by atoms with Gasteiger partial charge in [-0.15, -0.1) is 0 Å². The van der Waals surface area contributed by atoms with Gasteiger partial charge in [-0.05, 0) is 74.2 Å². The van der Waals surface area contributed by atoms with E-state index in [4.69, 9.17) is 4.74 Å². The van der Waals surface area contributed by atoms with Crippen molar-refractivity contribution >= 4 is 35.3 Å². The van der Waals surface area contributed by atoms with Crippen molar-refractivity contribution in [1.29, 1.82) is 0 Å². The quantitative estimate of drug-likeness (QED) is 0.558. The molecule has 4 amide bonds. The molecule has 4 rings (SSSR count). The number of hydrogen-bond donors (Lipinski definition) is 1. The van der Waals surface area contributed by atoms with Crippen molar-refractivity contribution in [2.24, 2.45) is 0 Å². The molecule has 0 saturated carbocycles. The van der Waals surface area contributed by atoms with Crippen molar-refractivity contribution in [3.63, 3.8) is 0 Å². The molecular formula is C25H26FN3O4. The molecule has 2 aromatic rings. The second-order valence-electron chi connectivity index (χ2n) is 9.07. The lowest BCUT2D eigenvalue weighted by atomic mass is 9.80. The Hall–Kier alpha value is -3.68. The van der Waals surface area contributed by atoms with Crippen LogP contribution in [0.15, 0.2) is 42.0 Å². The smallest absolute Gasteiger partial charge is 0.335 e. The first-order valence-electron chi connectivity index (χ1n) is 10.7. The predicted octanol–water partition coefficient (Wildman–Crippen LogP) is 4.22. The summed E-state index contributed by atoms with van der Waals surface area (Å²) in [5.41, 5.74) is 1.67. The molecule has 0 radical (unpaired) electrons. The molecule has 1 N–H and O–H groups in total. The second kappa shape index (κ2) is 8.03. The van der Waals surface area contributed by atoms with Gasteiger partial charge < -0.3 is 9.64 Å². The van der Waals surface area contributed by atoms with Gasteiger partial charge in [0, 0.05) is 23.8 Å². The van der Waals surface area contributed by atoms with Crippen molar-refractivity contribution in [2.45, 2.75) is 38.6 Å². The molecule has 1 fully saturated rings. The van der Waals surface area contributed by atoms with Gasteiger partial charge in [-0.1, -0.05) is 6.92 Å². The average molecular weight is 451 g/mol. The number of rotatable bonds is 3. The van der Waals surface area contributed by atoms with Crippen LogP contribution in [0, 0.1) is 5.82 Å². The van der Waals surface area contributed by atoms with E-state index in [-0.39, 0.29) is 28.3 Å². The third-order valence-electron chi connectivity index (χ3n) is 6.48. The van der Waals surface area contributed by atoms with Gasteiger partial charge in [-0.2, -0.15) is 0 Å². The number of ether oxygens (including phenoxy) is 1. The Bertz CT molecular complexity index is 1190. The number of benzene rings is 2. The number of imide groups is 2. The number of halogens is 1. The van der Waals surface area contributed by atoms with Crippen molar-refractivity contribution in [2.75, 3.05) is 24.0 Å². The van der Waals surface area contributed by atoms with Crippen LogP contribution in [-0.4, -0.2) is 37.5 Å². The molecule has 7 nitrogen and oxygen atoms in total. The summed E-state index contributed by atoms with van der Waals surface area (Å²) >= 11 is 0. The summed E-state index contributed by atoms with van der Waals surface area (Å²) in [5, 5.41) is 2.16. The Labute approximate surface area is 191 Å². The summed E-state index contributed by atoms with van der Waals surface area (Å²) in [6.45, 7) is 6.29. The number of barbiturate groups is 1. The van der Waals surface area contributed by atoms with Crippen LogP contribution in [-0.2, 0) is 9.59 Å². The van der Waals surface area contributed by atoms with Gasteiger partial charge >= 0.3 is 6.03 Å². The van der Waals surface area contributed by atoms with E-state index < -0.39 is 23.7 Å². The first-order chi connectivity index (χ1) is 15.5. The maximum absolute atomic E-state index is 15.1. The van der Waals surface area contributed by atoms with E-state index >= 15 is 4.39 Å². The highest BCUT2D eigenvalue weighted by Gasteiger charge is 2.38. The number of carbonyl (C=O) groups is 3. The molecule has 0 bridgehead atoms.